The van der Waals surface area contributed by atoms with Gasteiger partial charge in [-0.2, -0.15) is 5.10 Å². The molecule has 3 aromatic heterocycles. The van der Waals surface area contributed by atoms with Gasteiger partial charge in [-0.3, -0.25) is 9.59 Å². The fraction of sp³-hybridized carbons (Fsp3) is 0.148. The molecule has 4 heterocycles. The highest BCUT2D eigenvalue weighted by Crippen LogP contribution is 2.44. The molecular formula is C27H20ClFN6O2S. The van der Waals surface area contributed by atoms with Crippen molar-refractivity contribution >= 4 is 51.3 Å². The van der Waals surface area contributed by atoms with Gasteiger partial charge in [-0.1, -0.05) is 18.5 Å². The molecule has 8 nitrogen and oxygen atoms in total. The van der Waals surface area contributed by atoms with E-state index in [0.29, 0.717) is 10.0 Å². The number of nitrogens with one attached hydrogen (secondary N) is 1. The molecule has 3 unspecified atom stereocenters. The number of fused-ring (bicyclic) bond motifs is 1. The molecule has 0 bridgehead atoms. The lowest BCUT2D eigenvalue weighted by Gasteiger charge is -2.28. The van der Waals surface area contributed by atoms with Gasteiger partial charge < -0.3 is 10.2 Å². The maximum absolute atomic E-state index is 13.7. The van der Waals surface area contributed by atoms with Gasteiger partial charge in [-0.05, 0) is 60.7 Å². The zero-order valence-electron chi connectivity index (χ0n) is 20.0. The Morgan fingerprint density at radius 1 is 1.05 bits per heavy atom. The number of aromatic nitrogens is 4. The third-order valence-electron chi connectivity index (χ3n) is 6.64. The van der Waals surface area contributed by atoms with Crippen molar-refractivity contribution in [3.8, 4) is 5.69 Å². The van der Waals surface area contributed by atoms with Gasteiger partial charge in [0, 0.05) is 28.3 Å². The van der Waals surface area contributed by atoms with Crippen LogP contribution in [0.1, 0.15) is 28.5 Å². The molecule has 11 heteroatoms. The van der Waals surface area contributed by atoms with Crippen molar-refractivity contribution in [2.45, 2.75) is 19.0 Å². The quantitative estimate of drug-likeness (QED) is 0.327. The smallest absolute Gasteiger partial charge is 0.289 e. The van der Waals surface area contributed by atoms with Crippen LogP contribution in [0.4, 0.5) is 10.1 Å². The molecule has 5 aromatic rings. The maximum Gasteiger partial charge on any atom is 0.289 e. The third-order valence-corrected chi connectivity index (χ3v) is 7.94. The lowest BCUT2D eigenvalue weighted by atomic mass is 9.98. The van der Waals surface area contributed by atoms with Gasteiger partial charge in [0.25, 0.3) is 5.91 Å². The fourth-order valence-electron chi connectivity index (χ4n) is 4.82. The van der Waals surface area contributed by atoms with Crippen LogP contribution in [0.5, 0.6) is 0 Å². The molecule has 0 radical (unpaired) electrons. The first-order valence-corrected chi connectivity index (χ1v) is 13.0. The Labute approximate surface area is 225 Å². The Bertz CT molecular complexity index is 1660. The zero-order chi connectivity index (χ0) is 26.4. The summed E-state index contributed by atoms with van der Waals surface area (Å²) in [5.41, 5.74) is 2.19. The molecule has 1 fully saturated rings. The summed E-state index contributed by atoms with van der Waals surface area (Å²) in [4.78, 5) is 37.3. The summed E-state index contributed by atoms with van der Waals surface area (Å²) in [6.45, 7) is 1.80. The molecule has 190 valence electrons. The van der Waals surface area contributed by atoms with Crippen LogP contribution in [-0.2, 0) is 4.79 Å². The summed E-state index contributed by atoms with van der Waals surface area (Å²) >= 11 is 7.64. The van der Waals surface area contributed by atoms with Crippen LogP contribution in [-0.4, -0.2) is 37.6 Å². The van der Waals surface area contributed by atoms with Crippen molar-refractivity contribution in [1.29, 1.82) is 0 Å². The molecule has 1 saturated heterocycles. The van der Waals surface area contributed by atoms with E-state index < -0.39 is 23.9 Å². The minimum Gasteiger partial charge on any atom is -0.343 e. The molecule has 2 aromatic carbocycles. The van der Waals surface area contributed by atoms with Gasteiger partial charge >= 0.3 is 0 Å². The van der Waals surface area contributed by atoms with Crippen LogP contribution < -0.4 is 10.2 Å². The Balaban J connectivity index is 1.39. The van der Waals surface area contributed by atoms with Crippen LogP contribution in [0.2, 0.25) is 4.34 Å². The van der Waals surface area contributed by atoms with Gasteiger partial charge in [-0.15, -0.1) is 11.3 Å². The average Bonchev–Trinajstić information content (AvgIpc) is 3.62. The summed E-state index contributed by atoms with van der Waals surface area (Å²) in [5.74, 6) is -1.41. The Kier molecular flexibility index (Phi) is 6.13. The van der Waals surface area contributed by atoms with Crippen molar-refractivity contribution in [2.24, 2.45) is 5.92 Å². The van der Waals surface area contributed by atoms with Crippen molar-refractivity contribution in [1.82, 2.24) is 25.1 Å². The fourth-order valence-corrected chi connectivity index (χ4v) is 6.02. The summed E-state index contributed by atoms with van der Waals surface area (Å²) in [7, 11) is 0. The average molecular weight is 547 g/mol. The Hall–Kier alpha value is -4.15. The predicted molar refractivity (Wildman–Crippen MR) is 143 cm³/mol. The van der Waals surface area contributed by atoms with Crippen LogP contribution in [0, 0.1) is 11.7 Å². The number of carbonyl (C=O) groups excluding carboxylic acids is 2. The lowest BCUT2D eigenvalue weighted by molar-refractivity contribution is -0.120. The molecule has 38 heavy (non-hydrogen) atoms. The highest BCUT2D eigenvalue weighted by Gasteiger charge is 2.48. The number of thiophene rings is 1. The molecule has 0 spiro atoms. The first-order valence-electron chi connectivity index (χ1n) is 11.8. The van der Waals surface area contributed by atoms with E-state index in [1.807, 2.05) is 24.3 Å². The van der Waals surface area contributed by atoms with E-state index >= 15 is 0 Å². The monoisotopic (exact) mass is 546 g/mol. The molecule has 1 aliphatic heterocycles. The Morgan fingerprint density at radius 2 is 1.79 bits per heavy atom. The number of nitrogens with zero attached hydrogens (tertiary/aromatic N) is 5. The molecular weight excluding hydrogens is 527 g/mol. The Morgan fingerprint density at radius 3 is 2.50 bits per heavy atom. The minimum atomic E-state index is -0.550. The molecule has 6 rings (SSSR count). The van der Waals surface area contributed by atoms with E-state index in [9.17, 15) is 14.0 Å². The number of anilines is 1. The first kappa shape index (κ1) is 24.2. The number of carbonyl (C=O) groups is 2. The van der Waals surface area contributed by atoms with Crippen molar-refractivity contribution in [2.75, 3.05) is 4.90 Å². The van der Waals surface area contributed by atoms with Crippen molar-refractivity contribution in [3.05, 3.63) is 100 Å². The van der Waals surface area contributed by atoms with Crippen LogP contribution in [0.15, 0.2) is 79.3 Å². The lowest BCUT2D eigenvalue weighted by Crippen LogP contribution is -2.42. The van der Waals surface area contributed by atoms with E-state index in [0.717, 1.165) is 21.5 Å². The summed E-state index contributed by atoms with van der Waals surface area (Å²) in [6.07, 6.45) is 4.69. The van der Waals surface area contributed by atoms with E-state index in [1.54, 1.807) is 47.0 Å². The highest BCUT2D eigenvalue weighted by molar-refractivity contribution is 7.16. The first-order chi connectivity index (χ1) is 18.4. The van der Waals surface area contributed by atoms with Gasteiger partial charge in [0.2, 0.25) is 11.7 Å². The second kappa shape index (κ2) is 9.62. The van der Waals surface area contributed by atoms with Gasteiger partial charge in [0.05, 0.1) is 39.7 Å². The zero-order valence-corrected chi connectivity index (χ0v) is 21.5. The predicted octanol–water partition coefficient (Wildman–Crippen LogP) is 5.19. The standard InChI is InChI=1S/C27H20ClFN6O2S/c1-15-23(33-26(36)25-30-11-2-12-31-25)24(21-9-10-22(28)38-21)34(27(15)37)19-7-8-20-16(13-19)14-32-35(20)18-5-3-17(29)4-6-18/h2-15,23-24H,1H3,(H,33,36). The molecule has 3 atom stereocenters. The molecule has 0 aliphatic carbocycles. The largest absolute Gasteiger partial charge is 0.343 e. The summed E-state index contributed by atoms with van der Waals surface area (Å²) in [5, 5.41) is 8.27. The number of hydrogen-bond donors (Lipinski definition) is 1. The van der Waals surface area contributed by atoms with Crippen LogP contribution in [0.25, 0.3) is 16.6 Å². The number of rotatable bonds is 5. The molecule has 1 aliphatic rings. The highest BCUT2D eigenvalue weighted by atomic mass is 35.5. The van der Waals surface area contributed by atoms with E-state index in [2.05, 4.69) is 20.4 Å². The topological polar surface area (TPSA) is 93.0 Å². The van der Waals surface area contributed by atoms with Crippen LogP contribution in [0.3, 0.4) is 0 Å². The second-order valence-electron chi connectivity index (χ2n) is 8.93. The van der Waals surface area contributed by atoms with Crippen LogP contribution >= 0.6 is 22.9 Å². The van der Waals surface area contributed by atoms with Crippen molar-refractivity contribution < 1.29 is 14.0 Å². The second-order valence-corrected chi connectivity index (χ2v) is 10.7. The van der Waals surface area contributed by atoms with Crippen molar-refractivity contribution in [3.63, 3.8) is 0 Å². The third kappa shape index (κ3) is 4.21. The SMILES string of the molecule is CC1C(=O)N(c2ccc3c(cnn3-c3ccc(F)cc3)c2)C(c2ccc(Cl)s2)C1NC(=O)c1ncccn1. The number of benzene rings is 2. The maximum atomic E-state index is 13.7. The van der Waals surface area contributed by atoms with E-state index in [-0.39, 0.29) is 17.5 Å². The normalized spacial score (nSPS) is 19.3. The van der Waals surface area contributed by atoms with Gasteiger partial charge in [-0.25, -0.2) is 19.0 Å². The molecule has 2 amide bonds. The van der Waals surface area contributed by atoms with Gasteiger partial charge in [0.1, 0.15) is 5.82 Å². The summed E-state index contributed by atoms with van der Waals surface area (Å²) in [6, 6.07) is 15.9. The van der Waals surface area contributed by atoms with E-state index in [1.165, 1.54) is 35.9 Å². The van der Waals surface area contributed by atoms with Gasteiger partial charge in [0.15, 0.2) is 0 Å². The minimum absolute atomic E-state index is 0.0307. The molecule has 1 N–H and O–H groups in total. The number of amides is 2. The number of hydrogen-bond acceptors (Lipinski definition) is 6. The summed E-state index contributed by atoms with van der Waals surface area (Å²) < 4.78 is 15.7. The number of halogens is 2. The van der Waals surface area contributed by atoms with E-state index in [4.69, 9.17) is 11.6 Å². The molecule has 0 saturated carbocycles.